The molecule has 0 saturated heterocycles. The Balaban J connectivity index is 2.16. The predicted molar refractivity (Wildman–Crippen MR) is 63.1 cm³/mol. The Bertz CT molecular complexity index is 333. The summed E-state index contributed by atoms with van der Waals surface area (Å²) in [6.45, 7) is 2.82. The number of ether oxygens (including phenoxy) is 1. The monoisotopic (exact) mass is 223 g/mol. The Morgan fingerprint density at radius 2 is 2.38 bits per heavy atom. The highest BCUT2D eigenvalue weighted by atomic mass is 16.5. The van der Waals surface area contributed by atoms with E-state index in [2.05, 4.69) is 21.8 Å². The number of nitrogens with one attached hydrogen (secondary N) is 1. The van der Waals surface area contributed by atoms with Gasteiger partial charge in [-0.1, -0.05) is 0 Å². The van der Waals surface area contributed by atoms with Crippen molar-refractivity contribution in [1.82, 2.24) is 14.9 Å². The van der Waals surface area contributed by atoms with Gasteiger partial charge in [0.25, 0.3) is 0 Å². The fourth-order valence-corrected chi connectivity index (χ4v) is 2.24. The van der Waals surface area contributed by atoms with Gasteiger partial charge in [0.1, 0.15) is 5.82 Å². The van der Waals surface area contributed by atoms with Crippen molar-refractivity contribution in [3.63, 3.8) is 0 Å². The Labute approximate surface area is 97.0 Å². The van der Waals surface area contributed by atoms with Crippen molar-refractivity contribution < 1.29 is 4.74 Å². The first-order valence-corrected chi connectivity index (χ1v) is 6.04. The molecular weight excluding hydrogens is 202 g/mol. The lowest BCUT2D eigenvalue weighted by molar-refractivity contribution is 0.0177. The van der Waals surface area contributed by atoms with Gasteiger partial charge in [-0.25, -0.2) is 4.98 Å². The average molecular weight is 223 g/mol. The normalized spacial score (nSPS) is 19.7. The summed E-state index contributed by atoms with van der Waals surface area (Å²) in [5.74, 6) is 1.77. The Morgan fingerprint density at radius 3 is 2.81 bits per heavy atom. The van der Waals surface area contributed by atoms with Crippen LogP contribution in [-0.2, 0) is 11.8 Å². The summed E-state index contributed by atoms with van der Waals surface area (Å²) in [6, 6.07) is 0.201. The maximum absolute atomic E-state index is 5.88. The van der Waals surface area contributed by atoms with Crippen molar-refractivity contribution in [1.29, 1.82) is 0 Å². The number of aryl methyl sites for hydroxylation is 1. The summed E-state index contributed by atoms with van der Waals surface area (Å²) in [7, 11) is 4.01. The molecule has 90 valence electrons. The van der Waals surface area contributed by atoms with Crippen LogP contribution in [0.5, 0.6) is 0 Å². The minimum absolute atomic E-state index is 0.201. The molecule has 1 fully saturated rings. The van der Waals surface area contributed by atoms with Gasteiger partial charge in [-0.3, -0.25) is 0 Å². The number of rotatable bonds is 6. The van der Waals surface area contributed by atoms with Gasteiger partial charge in [-0.05, 0) is 32.7 Å². The van der Waals surface area contributed by atoms with Crippen molar-refractivity contribution in [2.45, 2.75) is 31.9 Å². The van der Waals surface area contributed by atoms with Crippen LogP contribution in [-0.4, -0.2) is 29.3 Å². The first-order valence-electron chi connectivity index (χ1n) is 6.04. The fraction of sp³-hybridized carbons (Fsp3) is 0.750. The molecule has 1 aromatic heterocycles. The van der Waals surface area contributed by atoms with Gasteiger partial charge in [0.05, 0.1) is 12.1 Å². The maximum atomic E-state index is 5.88. The summed E-state index contributed by atoms with van der Waals surface area (Å²) < 4.78 is 7.95. The first-order chi connectivity index (χ1) is 7.77. The molecule has 1 heterocycles. The van der Waals surface area contributed by atoms with Crippen LogP contribution in [0.1, 0.15) is 31.6 Å². The molecule has 0 aromatic carbocycles. The summed E-state index contributed by atoms with van der Waals surface area (Å²) in [5.41, 5.74) is 0. The van der Waals surface area contributed by atoms with E-state index in [0.717, 1.165) is 12.4 Å². The highest BCUT2D eigenvalue weighted by Gasteiger charge is 2.38. The molecule has 0 bridgehead atoms. The molecule has 1 aliphatic rings. The molecule has 0 spiro atoms. The SMILES string of the molecule is CCOC(C1CC1)C(NC)c1nccn1C. The Hall–Kier alpha value is -0.870. The van der Waals surface area contributed by atoms with Crippen LogP contribution in [0.15, 0.2) is 12.4 Å². The molecule has 0 amide bonds. The smallest absolute Gasteiger partial charge is 0.128 e. The van der Waals surface area contributed by atoms with Crippen molar-refractivity contribution in [3.05, 3.63) is 18.2 Å². The lowest BCUT2D eigenvalue weighted by Gasteiger charge is -2.26. The molecule has 2 atom stereocenters. The van der Waals surface area contributed by atoms with Gasteiger partial charge in [0, 0.05) is 26.0 Å². The highest BCUT2D eigenvalue weighted by Crippen LogP contribution is 2.39. The van der Waals surface area contributed by atoms with Crippen molar-refractivity contribution in [3.8, 4) is 0 Å². The van der Waals surface area contributed by atoms with E-state index in [1.165, 1.54) is 12.8 Å². The van der Waals surface area contributed by atoms with E-state index < -0.39 is 0 Å². The van der Waals surface area contributed by atoms with E-state index in [4.69, 9.17) is 4.74 Å². The van der Waals surface area contributed by atoms with Crippen LogP contribution in [0.3, 0.4) is 0 Å². The van der Waals surface area contributed by atoms with E-state index in [-0.39, 0.29) is 12.1 Å². The lowest BCUT2D eigenvalue weighted by Crippen LogP contribution is -2.35. The minimum Gasteiger partial charge on any atom is -0.376 e. The van der Waals surface area contributed by atoms with Crippen LogP contribution < -0.4 is 5.32 Å². The van der Waals surface area contributed by atoms with Crippen LogP contribution in [0.25, 0.3) is 0 Å². The fourth-order valence-electron chi connectivity index (χ4n) is 2.24. The molecule has 4 nitrogen and oxygen atoms in total. The molecule has 4 heteroatoms. The summed E-state index contributed by atoms with van der Waals surface area (Å²) in [6.07, 6.45) is 6.65. The summed E-state index contributed by atoms with van der Waals surface area (Å²) >= 11 is 0. The van der Waals surface area contributed by atoms with Crippen LogP contribution in [0.2, 0.25) is 0 Å². The minimum atomic E-state index is 0.201. The molecule has 1 saturated carbocycles. The highest BCUT2D eigenvalue weighted by molar-refractivity contribution is 5.04. The first kappa shape index (κ1) is 11.6. The molecule has 2 rings (SSSR count). The molecule has 0 aliphatic heterocycles. The molecule has 1 aliphatic carbocycles. The molecule has 1 N–H and O–H groups in total. The predicted octanol–water partition coefficient (Wildman–Crippen LogP) is 1.50. The van der Waals surface area contributed by atoms with Crippen molar-refractivity contribution in [2.24, 2.45) is 13.0 Å². The van der Waals surface area contributed by atoms with Crippen LogP contribution in [0.4, 0.5) is 0 Å². The lowest BCUT2D eigenvalue weighted by atomic mass is 10.1. The van der Waals surface area contributed by atoms with E-state index in [1.54, 1.807) is 0 Å². The number of nitrogens with zero attached hydrogens (tertiary/aromatic N) is 2. The molecule has 2 unspecified atom stereocenters. The standard InChI is InChI=1S/C12H21N3O/c1-4-16-11(9-5-6-9)10(13-2)12-14-7-8-15(12)3/h7-11,13H,4-6H2,1-3H3. The number of aromatic nitrogens is 2. The quantitative estimate of drug-likeness (QED) is 0.794. The zero-order chi connectivity index (χ0) is 11.5. The number of likely N-dealkylation sites (N-methyl/N-ethyl adjacent to an activating group) is 1. The number of hydrogen-bond acceptors (Lipinski definition) is 3. The van der Waals surface area contributed by atoms with Gasteiger partial charge in [0.2, 0.25) is 0 Å². The van der Waals surface area contributed by atoms with Gasteiger partial charge >= 0.3 is 0 Å². The zero-order valence-corrected chi connectivity index (χ0v) is 10.3. The second-order valence-electron chi connectivity index (χ2n) is 4.42. The second-order valence-corrected chi connectivity index (χ2v) is 4.42. The Morgan fingerprint density at radius 1 is 1.62 bits per heavy atom. The van der Waals surface area contributed by atoms with E-state index in [1.807, 2.05) is 26.5 Å². The summed E-state index contributed by atoms with van der Waals surface area (Å²) in [5, 5.41) is 3.34. The largest absolute Gasteiger partial charge is 0.376 e. The Kier molecular flexibility index (Phi) is 3.61. The molecule has 16 heavy (non-hydrogen) atoms. The van der Waals surface area contributed by atoms with E-state index in [9.17, 15) is 0 Å². The van der Waals surface area contributed by atoms with Gasteiger partial charge in [-0.2, -0.15) is 0 Å². The van der Waals surface area contributed by atoms with Crippen molar-refractivity contribution in [2.75, 3.05) is 13.7 Å². The molecule has 0 radical (unpaired) electrons. The second kappa shape index (κ2) is 4.97. The van der Waals surface area contributed by atoms with Gasteiger partial charge in [-0.15, -0.1) is 0 Å². The van der Waals surface area contributed by atoms with Crippen molar-refractivity contribution >= 4 is 0 Å². The van der Waals surface area contributed by atoms with Gasteiger partial charge < -0.3 is 14.6 Å². The van der Waals surface area contributed by atoms with Crippen LogP contribution >= 0.6 is 0 Å². The average Bonchev–Trinajstić information content (AvgIpc) is 3.03. The zero-order valence-electron chi connectivity index (χ0n) is 10.3. The van der Waals surface area contributed by atoms with Gasteiger partial charge in [0.15, 0.2) is 0 Å². The van der Waals surface area contributed by atoms with E-state index in [0.29, 0.717) is 5.92 Å². The number of hydrogen-bond donors (Lipinski definition) is 1. The third kappa shape index (κ3) is 2.28. The number of imidazole rings is 1. The maximum Gasteiger partial charge on any atom is 0.128 e. The van der Waals surface area contributed by atoms with Crippen LogP contribution in [0, 0.1) is 5.92 Å². The molecular formula is C12H21N3O. The molecule has 1 aromatic rings. The third-order valence-electron chi connectivity index (χ3n) is 3.22. The van der Waals surface area contributed by atoms with E-state index >= 15 is 0 Å². The third-order valence-corrected chi connectivity index (χ3v) is 3.22. The topological polar surface area (TPSA) is 39.1 Å². The summed E-state index contributed by atoms with van der Waals surface area (Å²) in [4.78, 5) is 4.42.